The number of fused-ring (bicyclic) bond motifs is 1. The molecule has 1 amide bonds. The van der Waals surface area contributed by atoms with E-state index in [0.717, 1.165) is 24.2 Å². The Morgan fingerprint density at radius 2 is 2.21 bits per heavy atom. The van der Waals surface area contributed by atoms with Crippen molar-refractivity contribution in [2.75, 3.05) is 20.2 Å². The molecule has 8 nitrogen and oxygen atoms in total. The van der Waals surface area contributed by atoms with Crippen LogP contribution in [-0.4, -0.2) is 45.6 Å². The quantitative estimate of drug-likeness (QED) is 0.746. The van der Waals surface area contributed by atoms with E-state index in [4.69, 9.17) is 9.15 Å². The van der Waals surface area contributed by atoms with Gasteiger partial charge in [-0.2, -0.15) is 0 Å². The van der Waals surface area contributed by atoms with Crippen molar-refractivity contribution in [2.45, 2.75) is 39.2 Å². The van der Waals surface area contributed by atoms with Gasteiger partial charge in [0, 0.05) is 49.1 Å². The fraction of sp³-hybridized carbons (Fsp3) is 0.450. The first-order valence-corrected chi connectivity index (χ1v) is 9.43. The molecule has 1 aliphatic heterocycles. The van der Waals surface area contributed by atoms with Crippen molar-refractivity contribution in [3.63, 3.8) is 0 Å². The highest BCUT2D eigenvalue weighted by molar-refractivity contribution is 5.91. The van der Waals surface area contributed by atoms with Crippen LogP contribution in [0.15, 0.2) is 27.4 Å². The summed E-state index contributed by atoms with van der Waals surface area (Å²) < 4.78 is 12.1. The third kappa shape index (κ3) is 3.24. The monoisotopic (exact) mass is 384 g/mol. The smallest absolute Gasteiger partial charge is 0.289 e. The summed E-state index contributed by atoms with van der Waals surface area (Å²) in [4.78, 5) is 31.6. The lowest BCUT2D eigenvalue weighted by Crippen LogP contribution is -2.39. The second kappa shape index (κ2) is 7.27. The summed E-state index contributed by atoms with van der Waals surface area (Å²) in [6, 6.07) is 5.37. The standard InChI is InChI=1S/C20H24N4O4/c1-12-13(2)21-18-9-16(22-24(18)19(12)25)14-5-4-8-23(10-14)20(26)17-7-6-15(28-17)11-27-3/h6-7,9,14,22H,4-5,8,10-11H2,1-3H3/t14-/m1/s1. The number of carbonyl (C=O) groups excluding carboxylic acids is 1. The van der Waals surface area contributed by atoms with E-state index in [1.54, 1.807) is 26.2 Å². The highest BCUT2D eigenvalue weighted by atomic mass is 16.5. The molecule has 1 aliphatic rings. The first-order valence-electron chi connectivity index (χ1n) is 9.43. The first kappa shape index (κ1) is 18.5. The van der Waals surface area contributed by atoms with Crippen molar-refractivity contribution in [3.8, 4) is 0 Å². The lowest BCUT2D eigenvalue weighted by molar-refractivity contribution is 0.0666. The summed E-state index contributed by atoms with van der Waals surface area (Å²) in [6.45, 7) is 5.21. The SMILES string of the molecule is COCc1ccc(C(=O)N2CCC[C@@H](c3cc4nc(C)c(C)c(=O)n4[nH]3)C2)o1. The number of aryl methyl sites for hydroxylation is 1. The largest absolute Gasteiger partial charge is 0.453 e. The Kier molecular flexibility index (Phi) is 4.80. The molecule has 0 aromatic carbocycles. The molecule has 3 aromatic rings. The van der Waals surface area contributed by atoms with Crippen LogP contribution in [0.5, 0.6) is 0 Å². The van der Waals surface area contributed by atoms with E-state index < -0.39 is 0 Å². The topological polar surface area (TPSA) is 92.8 Å². The van der Waals surface area contributed by atoms with Gasteiger partial charge in [0.05, 0.1) is 0 Å². The van der Waals surface area contributed by atoms with Gasteiger partial charge >= 0.3 is 0 Å². The van der Waals surface area contributed by atoms with Crippen LogP contribution in [0.3, 0.4) is 0 Å². The number of likely N-dealkylation sites (tertiary alicyclic amines) is 1. The Labute approximate surface area is 162 Å². The molecule has 0 aliphatic carbocycles. The zero-order chi connectivity index (χ0) is 19.8. The van der Waals surface area contributed by atoms with Gasteiger partial charge in [-0.25, -0.2) is 9.50 Å². The first-order chi connectivity index (χ1) is 13.5. The number of furan rings is 1. The lowest BCUT2D eigenvalue weighted by atomic mass is 9.94. The van der Waals surface area contributed by atoms with E-state index >= 15 is 0 Å². The van der Waals surface area contributed by atoms with E-state index in [-0.39, 0.29) is 17.4 Å². The highest BCUT2D eigenvalue weighted by Gasteiger charge is 2.28. The molecule has 28 heavy (non-hydrogen) atoms. The summed E-state index contributed by atoms with van der Waals surface area (Å²) in [5.41, 5.74) is 2.82. The number of piperidine rings is 1. The van der Waals surface area contributed by atoms with Crippen LogP contribution in [0.1, 0.15) is 52.0 Å². The number of ether oxygens (including phenoxy) is 1. The van der Waals surface area contributed by atoms with Gasteiger partial charge in [0.1, 0.15) is 12.4 Å². The molecule has 148 valence electrons. The number of carbonyl (C=O) groups is 1. The number of aromatic amines is 1. The predicted molar refractivity (Wildman–Crippen MR) is 103 cm³/mol. The molecule has 4 rings (SSSR count). The van der Waals surface area contributed by atoms with Crippen molar-refractivity contribution in [1.82, 2.24) is 19.5 Å². The molecule has 0 unspecified atom stereocenters. The summed E-state index contributed by atoms with van der Waals surface area (Å²) in [7, 11) is 1.59. The Bertz CT molecular complexity index is 1080. The van der Waals surface area contributed by atoms with Crippen LogP contribution in [0.2, 0.25) is 0 Å². The van der Waals surface area contributed by atoms with Crippen LogP contribution in [0.25, 0.3) is 5.65 Å². The number of methoxy groups -OCH3 is 1. The van der Waals surface area contributed by atoms with Gasteiger partial charge in [0.25, 0.3) is 11.5 Å². The van der Waals surface area contributed by atoms with Crippen LogP contribution in [0.4, 0.5) is 0 Å². The third-order valence-electron chi connectivity index (χ3n) is 5.41. The molecule has 1 atom stereocenters. The van der Waals surface area contributed by atoms with Crippen molar-refractivity contribution in [2.24, 2.45) is 0 Å². The molecule has 0 radical (unpaired) electrons. The minimum absolute atomic E-state index is 0.0845. The Balaban J connectivity index is 1.56. The van der Waals surface area contributed by atoms with Gasteiger partial charge < -0.3 is 14.1 Å². The molecule has 4 heterocycles. The number of nitrogens with zero attached hydrogens (tertiary/aromatic N) is 3. The van der Waals surface area contributed by atoms with Gasteiger partial charge in [-0.05, 0) is 38.8 Å². The molecule has 1 fully saturated rings. The summed E-state index contributed by atoms with van der Waals surface area (Å²) in [5.74, 6) is 0.956. The van der Waals surface area contributed by atoms with E-state index in [2.05, 4.69) is 10.1 Å². The fourth-order valence-corrected chi connectivity index (χ4v) is 3.73. The fourth-order valence-electron chi connectivity index (χ4n) is 3.73. The summed E-state index contributed by atoms with van der Waals surface area (Å²) in [6.07, 6.45) is 1.83. The Morgan fingerprint density at radius 3 is 3.00 bits per heavy atom. The van der Waals surface area contributed by atoms with Gasteiger partial charge in [0.15, 0.2) is 11.4 Å². The van der Waals surface area contributed by atoms with Crippen molar-refractivity contribution >= 4 is 11.6 Å². The average Bonchev–Trinajstić information content (AvgIpc) is 3.33. The number of aromatic nitrogens is 3. The van der Waals surface area contributed by atoms with Crippen molar-refractivity contribution in [1.29, 1.82) is 0 Å². The maximum Gasteiger partial charge on any atom is 0.289 e. The van der Waals surface area contributed by atoms with Gasteiger partial charge in [-0.1, -0.05) is 0 Å². The summed E-state index contributed by atoms with van der Waals surface area (Å²) >= 11 is 0. The molecular weight excluding hydrogens is 360 g/mol. The van der Waals surface area contributed by atoms with Crippen LogP contribution in [-0.2, 0) is 11.3 Å². The molecule has 0 saturated carbocycles. The third-order valence-corrected chi connectivity index (χ3v) is 5.41. The molecular formula is C20H24N4O4. The highest BCUT2D eigenvalue weighted by Crippen LogP contribution is 2.27. The maximum atomic E-state index is 12.8. The van der Waals surface area contributed by atoms with Gasteiger partial charge in [-0.3, -0.25) is 14.7 Å². The average molecular weight is 384 g/mol. The molecule has 1 saturated heterocycles. The van der Waals surface area contributed by atoms with Crippen LogP contribution in [0, 0.1) is 13.8 Å². The van der Waals surface area contributed by atoms with Crippen molar-refractivity contribution < 1.29 is 13.9 Å². The Morgan fingerprint density at radius 1 is 1.39 bits per heavy atom. The van der Waals surface area contributed by atoms with E-state index in [9.17, 15) is 9.59 Å². The molecule has 1 N–H and O–H groups in total. The molecule has 8 heteroatoms. The van der Waals surface area contributed by atoms with E-state index in [1.165, 1.54) is 4.52 Å². The number of nitrogens with one attached hydrogen (secondary N) is 1. The van der Waals surface area contributed by atoms with Crippen LogP contribution >= 0.6 is 0 Å². The van der Waals surface area contributed by atoms with Gasteiger partial charge in [-0.15, -0.1) is 0 Å². The van der Waals surface area contributed by atoms with Gasteiger partial charge in [0.2, 0.25) is 0 Å². The number of rotatable bonds is 4. The maximum absolute atomic E-state index is 12.8. The van der Waals surface area contributed by atoms with Crippen LogP contribution < -0.4 is 5.56 Å². The number of hydrogen-bond acceptors (Lipinski definition) is 5. The second-order valence-electron chi connectivity index (χ2n) is 7.32. The molecule has 3 aromatic heterocycles. The normalized spacial score (nSPS) is 17.4. The number of amides is 1. The van der Waals surface area contributed by atoms with Crippen molar-refractivity contribution in [3.05, 3.63) is 57.0 Å². The van der Waals surface area contributed by atoms with E-state index in [0.29, 0.717) is 42.4 Å². The zero-order valence-electron chi connectivity index (χ0n) is 16.3. The lowest BCUT2D eigenvalue weighted by Gasteiger charge is -2.31. The minimum atomic E-state index is -0.120. The number of hydrogen-bond donors (Lipinski definition) is 1. The molecule has 0 spiro atoms. The second-order valence-corrected chi connectivity index (χ2v) is 7.32. The number of H-pyrrole nitrogens is 1. The molecule has 0 bridgehead atoms. The minimum Gasteiger partial charge on any atom is -0.453 e. The zero-order valence-corrected chi connectivity index (χ0v) is 16.3. The van der Waals surface area contributed by atoms with E-state index in [1.807, 2.05) is 17.9 Å². The predicted octanol–water partition coefficient (Wildman–Crippen LogP) is 2.40. The summed E-state index contributed by atoms with van der Waals surface area (Å²) in [5, 5.41) is 3.19. The Hall–Kier alpha value is -2.87.